The van der Waals surface area contributed by atoms with Crippen molar-refractivity contribution in [2.24, 2.45) is 0 Å². The van der Waals surface area contributed by atoms with Crippen LogP contribution in [-0.2, 0) is 36.8 Å². The summed E-state index contributed by atoms with van der Waals surface area (Å²) in [7, 11) is 1.28. The minimum Gasteiger partial charge on any atom is -0.467 e. The van der Waals surface area contributed by atoms with Crippen LogP contribution in [0.1, 0.15) is 30.9 Å². The number of ether oxygens (including phenoxy) is 1. The zero-order valence-corrected chi connectivity index (χ0v) is 15.5. The van der Waals surface area contributed by atoms with Crippen LogP contribution in [0.5, 0.6) is 0 Å². The van der Waals surface area contributed by atoms with Gasteiger partial charge in [-0.25, -0.2) is 4.79 Å². The number of amides is 3. The minimum atomic E-state index is -0.776. The Morgan fingerprint density at radius 2 is 1.89 bits per heavy atom. The molecule has 1 aromatic rings. The van der Waals surface area contributed by atoms with Gasteiger partial charge in [0.05, 0.1) is 7.11 Å². The second-order valence-electron chi connectivity index (χ2n) is 6.52. The average Bonchev–Trinajstić information content (AvgIpc) is 2.62. The molecule has 146 valence electrons. The Morgan fingerprint density at radius 1 is 1.19 bits per heavy atom. The van der Waals surface area contributed by atoms with E-state index in [0.29, 0.717) is 19.4 Å². The maximum atomic E-state index is 12.4. The number of rotatable bonds is 2. The molecule has 0 aliphatic carbocycles. The predicted molar refractivity (Wildman–Crippen MR) is 97.6 cm³/mol. The molecule has 2 rings (SSSR count). The first kappa shape index (κ1) is 20.4. The van der Waals surface area contributed by atoms with Crippen molar-refractivity contribution in [1.29, 1.82) is 0 Å². The number of hydrogen-bond donors (Lipinski definition) is 3. The van der Waals surface area contributed by atoms with Crippen molar-refractivity contribution in [3.05, 3.63) is 35.4 Å². The van der Waals surface area contributed by atoms with E-state index in [1.165, 1.54) is 14.0 Å². The van der Waals surface area contributed by atoms with Gasteiger partial charge in [0.2, 0.25) is 17.7 Å². The fraction of sp³-hybridized carbons (Fsp3) is 0.474. The van der Waals surface area contributed by atoms with Crippen molar-refractivity contribution >= 4 is 23.7 Å². The monoisotopic (exact) mass is 375 g/mol. The van der Waals surface area contributed by atoms with Gasteiger partial charge in [0, 0.05) is 32.7 Å². The van der Waals surface area contributed by atoms with Gasteiger partial charge in [0.15, 0.2) is 0 Å². The summed E-state index contributed by atoms with van der Waals surface area (Å²) in [6, 6.07) is 5.88. The molecule has 1 aliphatic rings. The molecule has 1 aromatic carbocycles. The van der Waals surface area contributed by atoms with E-state index in [0.717, 1.165) is 11.1 Å². The number of methoxy groups -OCH3 is 1. The maximum absolute atomic E-state index is 12.4. The topological polar surface area (TPSA) is 114 Å². The summed E-state index contributed by atoms with van der Waals surface area (Å²) in [5.41, 5.74) is 1.66. The standard InChI is InChI=1S/C19H25N3O5/c1-12(23)21-15-10-13-5-3-6-14(9-13)11-16(19(26)27-2)22-17(24)7-4-8-20-18(15)25/h3,5-6,9,15-16H,4,7-8,10-11H2,1-2H3,(H,20,25)(H,21,23)(H,22,24)/t15-,16?/m0/s1. The molecule has 2 bridgehead atoms. The zero-order valence-electron chi connectivity index (χ0n) is 15.5. The highest BCUT2D eigenvalue weighted by Gasteiger charge is 2.24. The number of esters is 1. The van der Waals surface area contributed by atoms with Crippen molar-refractivity contribution in [2.75, 3.05) is 13.7 Å². The molecule has 3 amide bonds. The quantitative estimate of drug-likeness (QED) is 0.622. The lowest BCUT2D eigenvalue weighted by molar-refractivity contribution is -0.145. The maximum Gasteiger partial charge on any atom is 0.328 e. The first-order chi connectivity index (χ1) is 12.9. The smallest absolute Gasteiger partial charge is 0.328 e. The molecule has 0 saturated carbocycles. The number of nitrogens with one attached hydrogen (secondary N) is 3. The second kappa shape index (κ2) is 9.70. The van der Waals surface area contributed by atoms with E-state index < -0.39 is 18.1 Å². The van der Waals surface area contributed by atoms with Crippen LogP contribution in [0.4, 0.5) is 0 Å². The minimum absolute atomic E-state index is 0.165. The van der Waals surface area contributed by atoms with Crippen LogP contribution in [0.3, 0.4) is 0 Å². The number of benzene rings is 1. The van der Waals surface area contributed by atoms with E-state index in [9.17, 15) is 19.2 Å². The summed E-state index contributed by atoms with van der Waals surface area (Å²) < 4.78 is 4.80. The Labute approximate surface area is 158 Å². The first-order valence-corrected chi connectivity index (χ1v) is 8.89. The molecule has 8 nitrogen and oxygen atoms in total. The third-order valence-corrected chi connectivity index (χ3v) is 4.27. The van der Waals surface area contributed by atoms with Crippen molar-refractivity contribution in [3.8, 4) is 0 Å². The van der Waals surface area contributed by atoms with Gasteiger partial charge in [0.1, 0.15) is 12.1 Å². The van der Waals surface area contributed by atoms with E-state index in [1.807, 2.05) is 24.3 Å². The highest BCUT2D eigenvalue weighted by atomic mass is 16.5. The number of fused-ring (bicyclic) bond motifs is 2. The lowest BCUT2D eigenvalue weighted by Gasteiger charge is -2.20. The van der Waals surface area contributed by atoms with Crippen molar-refractivity contribution in [3.63, 3.8) is 0 Å². The molecule has 2 atom stereocenters. The van der Waals surface area contributed by atoms with Gasteiger partial charge in [0.25, 0.3) is 0 Å². The van der Waals surface area contributed by atoms with Crippen molar-refractivity contribution < 1.29 is 23.9 Å². The Kier molecular flexibility index (Phi) is 7.34. The van der Waals surface area contributed by atoms with Crippen LogP contribution >= 0.6 is 0 Å². The van der Waals surface area contributed by atoms with Gasteiger partial charge in [-0.3, -0.25) is 14.4 Å². The van der Waals surface area contributed by atoms with Crippen molar-refractivity contribution in [2.45, 2.75) is 44.7 Å². The van der Waals surface area contributed by atoms with Gasteiger partial charge < -0.3 is 20.7 Å². The highest BCUT2D eigenvalue weighted by molar-refractivity contribution is 5.87. The molecule has 1 heterocycles. The molecule has 1 unspecified atom stereocenters. The molecule has 8 heteroatoms. The number of carbonyl (C=O) groups excluding carboxylic acids is 4. The lowest BCUT2D eigenvalue weighted by atomic mass is 9.99. The van der Waals surface area contributed by atoms with E-state index in [-0.39, 0.29) is 30.6 Å². The number of hydrogen-bond acceptors (Lipinski definition) is 5. The summed E-state index contributed by atoms with van der Waals surface area (Å²) in [6.07, 6.45) is 1.19. The van der Waals surface area contributed by atoms with Gasteiger partial charge in [-0.15, -0.1) is 0 Å². The normalized spacial score (nSPS) is 21.3. The number of carbonyl (C=O) groups is 4. The Hall–Kier alpha value is -2.90. The van der Waals surface area contributed by atoms with Gasteiger partial charge in [-0.05, 0) is 17.5 Å². The second-order valence-corrected chi connectivity index (χ2v) is 6.52. The molecule has 0 spiro atoms. The van der Waals surface area contributed by atoms with Crippen LogP contribution in [-0.4, -0.2) is 49.4 Å². The summed E-state index contributed by atoms with van der Waals surface area (Å²) in [6.45, 7) is 1.66. The van der Waals surface area contributed by atoms with Crippen LogP contribution < -0.4 is 16.0 Å². The molecule has 0 aromatic heterocycles. The zero-order chi connectivity index (χ0) is 19.8. The molecule has 3 N–H and O–H groups in total. The highest BCUT2D eigenvalue weighted by Crippen LogP contribution is 2.12. The molecular weight excluding hydrogens is 350 g/mol. The fourth-order valence-electron chi connectivity index (χ4n) is 3.00. The predicted octanol–water partition coefficient (Wildman–Crippen LogP) is -0.156. The molecule has 1 aliphatic heterocycles. The molecular formula is C19H25N3O5. The van der Waals surface area contributed by atoms with Crippen LogP contribution in [0.2, 0.25) is 0 Å². The Bertz CT molecular complexity index is 702. The largest absolute Gasteiger partial charge is 0.467 e. The fourth-order valence-corrected chi connectivity index (χ4v) is 3.00. The van der Waals surface area contributed by atoms with Gasteiger partial charge >= 0.3 is 5.97 Å². The molecule has 27 heavy (non-hydrogen) atoms. The van der Waals surface area contributed by atoms with E-state index in [2.05, 4.69) is 16.0 Å². The Balaban J connectivity index is 2.30. The molecule has 0 saturated heterocycles. The average molecular weight is 375 g/mol. The third kappa shape index (κ3) is 6.40. The first-order valence-electron chi connectivity index (χ1n) is 8.89. The lowest BCUT2D eigenvalue weighted by Crippen LogP contribution is -2.48. The van der Waals surface area contributed by atoms with Crippen molar-refractivity contribution in [1.82, 2.24) is 16.0 Å². The SMILES string of the molecule is COC(=O)C1Cc2cccc(c2)C[C@H](NC(C)=O)C(=O)NCCCC(=O)N1. The van der Waals surface area contributed by atoms with Crippen LogP contribution in [0, 0.1) is 0 Å². The molecule has 0 radical (unpaired) electrons. The summed E-state index contributed by atoms with van der Waals surface area (Å²) >= 11 is 0. The van der Waals surface area contributed by atoms with Crippen LogP contribution in [0.15, 0.2) is 24.3 Å². The van der Waals surface area contributed by atoms with Gasteiger partial charge in [-0.1, -0.05) is 24.3 Å². The molecule has 0 fully saturated rings. The van der Waals surface area contributed by atoms with E-state index in [1.54, 1.807) is 0 Å². The summed E-state index contributed by atoms with van der Waals surface area (Å²) in [5.74, 6) is -1.38. The summed E-state index contributed by atoms with van der Waals surface area (Å²) in [5, 5.41) is 8.09. The van der Waals surface area contributed by atoms with E-state index >= 15 is 0 Å². The third-order valence-electron chi connectivity index (χ3n) is 4.27. The van der Waals surface area contributed by atoms with E-state index in [4.69, 9.17) is 4.74 Å². The van der Waals surface area contributed by atoms with Crippen LogP contribution in [0.25, 0.3) is 0 Å². The Morgan fingerprint density at radius 3 is 2.56 bits per heavy atom. The summed E-state index contributed by atoms with van der Waals surface area (Å²) in [4.78, 5) is 48.0. The van der Waals surface area contributed by atoms with Gasteiger partial charge in [-0.2, -0.15) is 0 Å².